The van der Waals surface area contributed by atoms with E-state index in [4.69, 9.17) is 11.1 Å². The number of alkyl halides is 3. The monoisotopic (exact) mass is 210 g/mol. The van der Waals surface area contributed by atoms with Crippen molar-refractivity contribution in [2.75, 3.05) is 0 Å². The summed E-state index contributed by atoms with van der Waals surface area (Å²) in [6.45, 7) is 1.32. The summed E-state index contributed by atoms with van der Waals surface area (Å²) in [7, 11) is 0. The average molecular weight is 210 g/mol. The van der Waals surface area contributed by atoms with Crippen LogP contribution < -0.4 is 5.73 Å². The van der Waals surface area contributed by atoms with E-state index in [2.05, 4.69) is 5.10 Å². The fraction of sp³-hybridized carbons (Fsp3) is 0.667. The normalized spacial score (nSPS) is 27.8. The molecular formula is C6H9F3N4O. The van der Waals surface area contributed by atoms with Crippen LogP contribution in [0.5, 0.6) is 0 Å². The number of guanidine groups is 1. The summed E-state index contributed by atoms with van der Waals surface area (Å²) in [6, 6.07) is 0. The van der Waals surface area contributed by atoms with Gasteiger partial charge in [0.05, 0.1) is 0 Å². The minimum absolute atomic E-state index is 0.0695. The Bertz CT molecular complexity index is 300. The molecule has 0 aromatic rings. The van der Waals surface area contributed by atoms with Crippen molar-refractivity contribution in [3.8, 4) is 0 Å². The lowest BCUT2D eigenvalue weighted by Crippen LogP contribution is -2.58. The van der Waals surface area contributed by atoms with Gasteiger partial charge in [0.15, 0.2) is 0 Å². The number of hydrogen-bond acceptors (Lipinski definition) is 3. The lowest BCUT2D eigenvalue weighted by Gasteiger charge is -2.32. The molecule has 0 bridgehead atoms. The Morgan fingerprint density at radius 2 is 2.21 bits per heavy atom. The molecule has 1 aliphatic rings. The first-order valence-electron chi connectivity index (χ1n) is 3.66. The third-order valence-corrected chi connectivity index (χ3v) is 1.81. The SMILES string of the molecule is CC1=NN(C(=N)N)C(O)(C(F)(F)F)C1. The first-order valence-corrected chi connectivity index (χ1v) is 3.66. The molecule has 5 nitrogen and oxygen atoms in total. The Morgan fingerprint density at radius 3 is 2.50 bits per heavy atom. The van der Waals surface area contributed by atoms with E-state index in [1.54, 1.807) is 0 Å². The molecule has 1 atom stereocenters. The molecule has 0 aromatic carbocycles. The number of hydrazone groups is 1. The van der Waals surface area contributed by atoms with Crippen LogP contribution in [0.2, 0.25) is 0 Å². The lowest BCUT2D eigenvalue weighted by molar-refractivity contribution is -0.295. The van der Waals surface area contributed by atoms with Gasteiger partial charge in [-0.05, 0) is 6.92 Å². The van der Waals surface area contributed by atoms with Gasteiger partial charge in [0.25, 0.3) is 5.72 Å². The first-order chi connectivity index (χ1) is 6.18. The predicted molar refractivity (Wildman–Crippen MR) is 42.5 cm³/mol. The van der Waals surface area contributed by atoms with Crippen LogP contribution in [0.4, 0.5) is 13.2 Å². The van der Waals surface area contributed by atoms with Gasteiger partial charge in [0, 0.05) is 12.1 Å². The van der Waals surface area contributed by atoms with Crippen LogP contribution in [-0.4, -0.2) is 33.7 Å². The maximum atomic E-state index is 12.4. The summed E-state index contributed by atoms with van der Waals surface area (Å²) in [5.74, 6) is -0.943. The van der Waals surface area contributed by atoms with Gasteiger partial charge in [0.1, 0.15) is 0 Å². The third kappa shape index (κ3) is 1.41. The van der Waals surface area contributed by atoms with Crippen molar-refractivity contribution < 1.29 is 18.3 Å². The first kappa shape index (κ1) is 10.8. The highest BCUT2D eigenvalue weighted by molar-refractivity contribution is 5.88. The molecule has 8 heteroatoms. The van der Waals surface area contributed by atoms with E-state index < -0.39 is 24.3 Å². The molecule has 0 radical (unpaired) electrons. The molecule has 0 fully saturated rings. The number of hydrogen-bond donors (Lipinski definition) is 3. The fourth-order valence-electron chi connectivity index (χ4n) is 1.19. The van der Waals surface area contributed by atoms with Crippen LogP contribution in [0, 0.1) is 5.41 Å². The van der Waals surface area contributed by atoms with Crippen molar-refractivity contribution >= 4 is 11.7 Å². The highest BCUT2D eigenvalue weighted by Gasteiger charge is 2.61. The number of nitrogens with one attached hydrogen (secondary N) is 1. The van der Waals surface area contributed by atoms with Gasteiger partial charge in [0.2, 0.25) is 5.96 Å². The Kier molecular flexibility index (Phi) is 2.18. The molecule has 1 unspecified atom stereocenters. The van der Waals surface area contributed by atoms with E-state index in [0.29, 0.717) is 0 Å². The minimum atomic E-state index is -4.90. The average Bonchev–Trinajstić information content (AvgIpc) is 2.25. The Morgan fingerprint density at radius 1 is 1.71 bits per heavy atom. The van der Waals surface area contributed by atoms with E-state index in [1.807, 2.05) is 0 Å². The molecule has 0 amide bonds. The summed E-state index contributed by atoms with van der Waals surface area (Å²) in [5, 5.41) is 19.6. The van der Waals surface area contributed by atoms with Crippen LogP contribution in [-0.2, 0) is 0 Å². The number of aliphatic hydroxyl groups is 1. The number of rotatable bonds is 0. The topological polar surface area (TPSA) is 85.7 Å². The molecule has 14 heavy (non-hydrogen) atoms. The van der Waals surface area contributed by atoms with Gasteiger partial charge in [-0.2, -0.15) is 23.3 Å². The van der Waals surface area contributed by atoms with Crippen molar-refractivity contribution in [3.63, 3.8) is 0 Å². The van der Waals surface area contributed by atoms with Crippen molar-refractivity contribution in [3.05, 3.63) is 0 Å². The molecule has 0 aliphatic carbocycles. The van der Waals surface area contributed by atoms with Crippen LogP contribution in [0.15, 0.2) is 5.10 Å². The minimum Gasteiger partial charge on any atom is -0.368 e. The Labute approximate surface area is 77.5 Å². The Balaban J connectivity index is 3.08. The number of halogens is 3. The van der Waals surface area contributed by atoms with E-state index >= 15 is 0 Å². The van der Waals surface area contributed by atoms with Gasteiger partial charge in [-0.25, -0.2) is 0 Å². The maximum absolute atomic E-state index is 12.4. The highest BCUT2D eigenvalue weighted by atomic mass is 19.4. The quantitative estimate of drug-likeness (QED) is 0.394. The fourth-order valence-corrected chi connectivity index (χ4v) is 1.19. The molecule has 0 saturated heterocycles. The Hall–Kier alpha value is -1.31. The third-order valence-electron chi connectivity index (χ3n) is 1.81. The molecule has 80 valence electrons. The second-order valence-corrected chi connectivity index (χ2v) is 3.02. The smallest absolute Gasteiger partial charge is 0.368 e. The summed E-state index contributed by atoms with van der Waals surface area (Å²) in [4.78, 5) is 0. The zero-order valence-corrected chi connectivity index (χ0v) is 7.26. The molecule has 4 N–H and O–H groups in total. The van der Waals surface area contributed by atoms with Crippen molar-refractivity contribution in [1.82, 2.24) is 5.01 Å². The molecular weight excluding hydrogens is 201 g/mol. The van der Waals surface area contributed by atoms with Crippen molar-refractivity contribution in [2.24, 2.45) is 10.8 Å². The molecule has 0 spiro atoms. The molecule has 1 rings (SSSR count). The van der Waals surface area contributed by atoms with E-state index in [9.17, 15) is 18.3 Å². The maximum Gasteiger partial charge on any atom is 0.438 e. The largest absolute Gasteiger partial charge is 0.438 e. The molecule has 1 heterocycles. The van der Waals surface area contributed by atoms with E-state index in [1.165, 1.54) is 6.92 Å². The summed E-state index contributed by atoms with van der Waals surface area (Å²) in [5.41, 5.74) is 1.77. The van der Waals surface area contributed by atoms with Crippen LogP contribution in [0.25, 0.3) is 0 Å². The van der Waals surface area contributed by atoms with Gasteiger partial charge in [-0.1, -0.05) is 0 Å². The predicted octanol–water partition coefficient (Wildman–Crippen LogP) is 0.212. The molecule has 0 aromatic heterocycles. The lowest BCUT2D eigenvalue weighted by atomic mass is 10.1. The van der Waals surface area contributed by atoms with Gasteiger partial charge in [-0.3, -0.25) is 5.41 Å². The van der Waals surface area contributed by atoms with Gasteiger partial charge in [-0.15, -0.1) is 0 Å². The van der Waals surface area contributed by atoms with Crippen molar-refractivity contribution in [2.45, 2.75) is 25.2 Å². The van der Waals surface area contributed by atoms with Gasteiger partial charge < -0.3 is 10.8 Å². The summed E-state index contributed by atoms with van der Waals surface area (Å²) in [6.07, 6.45) is -5.60. The number of nitrogens with zero attached hydrogens (tertiary/aromatic N) is 2. The highest BCUT2D eigenvalue weighted by Crippen LogP contribution is 2.39. The zero-order valence-electron chi connectivity index (χ0n) is 7.26. The second kappa shape index (κ2) is 2.84. The standard InChI is InChI=1S/C6H9F3N4O/c1-3-2-5(14,6(7,8)9)13(12-3)4(10)11/h14H,2H2,1H3,(H3,10,11). The van der Waals surface area contributed by atoms with Crippen LogP contribution >= 0.6 is 0 Å². The second-order valence-electron chi connectivity index (χ2n) is 3.02. The van der Waals surface area contributed by atoms with Gasteiger partial charge >= 0.3 is 6.18 Å². The molecule has 0 saturated carbocycles. The number of nitrogens with two attached hydrogens (primary N) is 1. The van der Waals surface area contributed by atoms with Crippen LogP contribution in [0.1, 0.15) is 13.3 Å². The van der Waals surface area contributed by atoms with Crippen LogP contribution in [0.3, 0.4) is 0 Å². The summed E-state index contributed by atoms with van der Waals surface area (Å²) >= 11 is 0. The van der Waals surface area contributed by atoms with E-state index in [-0.39, 0.29) is 10.7 Å². The summed E-state index contributed by atoms with van der Waals surface area (Å²) < 4.78 is 37.2. The van der Waals surface area contributed by atoms with Crippen molar-refractivity contribution in [1.29, 1.82) is 5.41 Å². The molecule has 1 aliphatic heterocycles. The zero-order chi connectivity index (χ0) is 11.1. The van der Waals surface area contributed by atoms with E-state index in [0.717, 1.165) is 0 Å².